The van der Waals surface area contributed by atoms with Crippen LogP contribution in [0.1, 0.15) is 111 Å². The molecule has 0 amide bonds. The van der Waals surface area contributed by atoms with E-state index in [-0.39, 0.29) is 35.4 Å². The molecule has 3 aliphatic rings. The monoisotopic (exact) mass is 1060 g/mol. The summed E-state index contributed by atoms with van der Waals surface area (Å²) in [5.74, 6) is -4.78. The lowest BCUT2D eigenvalue weighted by atomic mass is 9.88. The molecule has 14 atom stereocenters. The number of carbonyl (C=O) groups excluding carboxylic acids is 3. The third-order valence-electron chi connectivity index (χ3n) is 13.0. The van der Waals surface area contributed by atoms with Gasteiger partial charge in [-0.2, -0.15) is 0 Å². The third-order valence-corrected chi connectivity index (χ3v) is 13.8. The van der Waals surface area contributed by atoms with Crippen LogP contribution in [0.25, 0.3) is 0 Å². The lowest BCUT2D eigenvalue weighted by molar-refractivity contribution is -0.333. The zero-order chi connectivity index (χ0) is 54.1. The first-order chi connectivity index (χ1) is 33.7. The van der Waals surface area contributed by atoms with E-state index >= 15 is 0 Å². The second kappa shape index (κ2) is 26.5. The molecule has 404 valence electrons. The van der Waals surface area contributed by atoms with Crippen molar-refractivity contribution in [2.75, 3.05) is 13.7 Å². The molecule has 0 bridgehead atoms. The number of methoxy groups -OCH3 is 1. The van der Waals surface area contributed by atoms with E-state index in [1.807, 2.05) is 32.9 Å². The van der Waals surface area contributed by atoms with Crippen LogP contribution in [-0.4, -0.2) is 153 Å². The second-order valence-corrected chi connectivity index (χ2v) is 20.1. The van der Waals surface area contributed by atoms with Crippen LogP contribution in [0.15, 0.2) is 58.7 Å². The van der Waals surface area contributed by atoms with Crippen LogP contribution in [0.5, 0.6) is 11.5 Å². The molecule has 0 spiro atoms. The molecule has 0 aromatic heterocycles. The fraction of sp³-hybridized carbons (Fsp3) is 0.635. The van der Waals surface area contributed by atoms with E-state index in [1.54, 1.807) is 53.7 Å². The number of cyclic esters (lactones) is 1. The van der Waals surface area contributed by atoms with Crippen molar-refractivity contribution in [3.8, 4) is 11.5 Å². The van der Waals surface area contributed by atoms with Crippen molar-refractivity contribution >= 4 is 41.1 Å². The van der Waals surface area contributed by atoms with Gasteiger partial charge in [0.25, 0.3) is 0 Å². The topological polar surface area (TPSA) is 267 Å². The lowest BCUT2D eigenvalue weighted by Gasteiger charge is -2.47. The second-order valence-electron chi connectivity index (χ2n) is 19.4. The molecule has 72 heavy (non-hydrogen) atoms. The number of carbonyl (C=O) groups is 3. The molecule has 0 aliphatic carbocycles. The minimum Gasteiger partial charge on any atom is -0.505 e. The van der Waals surface area contributed by atoms with Crippen molar-refractivity contribution in [1.82, 2.24) is 0 Å². The Morgan fingerprint density at radius 2 is 1.57 bits per heavy atom. The normalized spacial score (nSPS) is 31.5. The van der Waals surface area contributed by atoms with E-state index in [1.165, 1.54) is 33.1 Å². The summed E-state index contributed by atoms with van der Waals surface area (Å²) in [4.78, 5) is 40.0. The Hall–Kier alpha value is -3.89. The zero-order valence-corrected chi connectivity index (χ0v) is 44.5. The SMILES string of the molecule is CCc1c(Cl)c(O)c(Cl)c(O)c1C(=O)O[C@H]1[C@H](O)[C@H](OC)[C@H](OCC2=CC=CC[C@H](O)C(C)=C[C@H](CC)[C@@H](O[C@@H]3OC(C)(C)C(OC(=O)C(C)C)[C@H](O)[C@@H]3O)C(C)=CC(C)=CC[C@@H]([C@@H](C)O)OC2=O)O[C@@H]1C. The number of halogens is 2. The predicted molar refractivity (Wildman–Crippen MR) is 265 cm³/mol. The molecule has 1 aromatic carbocycles. The van der Waals surface area contributed by atoms with E-state index in [9.17, 15) is 50.1 Å². The maximum Gasteiger partial charge on any atom is 0.342 e. The standard InChI is InChI=1S/C52H74Cl2O18/c1-13-30-22-26(6)33(56)18-16-15-17-31(23-66-51-45(65-12)42(61)44(29(9)67-51)69-49(64)35-32(14-2)36(53)39(58)37(54)38(35)57)48(63)68-34(28(8)55)20-19-25(5)21-27(7)43(30)70-50-41(60)40(59)46(52(10,11)72-50)71-47(62)24(3)4/h15-17,19,21-22,24,28-30,33-34,40-46,50-51,55-61H,13-14,18,20,23H2,1-12H3/t28-,29-,30+,33+,34+,40-,41+,42+,43+,44-,45+,46?,50-,51-/m1/s1. The molecular weight excluding hydrogens is 983 g/mol. The molecule has 4 rings (SSSR count). The highest BCUT2D eigenvalue weighted by molar-refractivity contribution is 6.39. The first-order valence-electron chi connectivity index (χ1n) is 24.2. The quantitative estimate of drug-likeness (QED) is 0.0655. The van der Waals surface area contributed by atoms with Gasteiger partial charge in [0, 0.05) is 19.4 Å². The average Bonchev–Trinajstić information content (AvgIpc) is 3.32. The van der Waals surface area contributed by atoms with Crippen molar-refractivity contribution in [2.45, 2.75) is 187 Å². The first kappa shape index (κ1) is 60.7. The number of allylic oxidation sites excluding steroid dienone is 4. The summed E-state index contributed by atoms with van der Waals surface area (Å²) in [6.07, 6.45) is -5.45. The Bertz CT molecular complexity index is 2220. The molecule has 20 heteroatoms. The van der Waals surface area contributed by atoms with Gasteiger partial charge in [0.2, 0.25) is 0 Å². The van der Waals surface area contributed by atoms with Gasteiger partial charge >= 0.3 is 17.9 Å². The molecule has 3 aliphatic heterocycles. The van der Waals surface area contributed by atoms with E-state index in [0.717, 1.165) is 0 Å². The van der Waals surface area contributed by atoms with Crippen molar-refractivity contribution in [3.05, 3.63) is 79.9 Å². The Kier molecular flexibility index (Phi) is 22.4. The number of benzene rings is 1. The zero-order valence-electron chi connectivity index (χ0n) is 43.0. The Balaban J connectivity index is 1.61. The average molecular weight is 1060 g/mol. The fourth-order valence-electron chi connectivity index (χ4n) is 8.60. The van der Waals surface area contributed by atoms with Gasteiger partial charge in [-0.3, -0.25) is 4.79 Å². The third kappa shape index (κ3) is 14.7. The van der Waals surface area contributed by atoms with E-state index in [2.05, 4.69) is 0 Å². The number of phenolic OH excluding ortho intramolecular Hbond substituents is 2. The number of ether oxygens (including phenoxy) is 8. The van der Waals surface area contributed by atoms with Crippen LogP contribution in [-0.2, 0) is 53.9 Å². The van der Waals surface area contributed by atoms with Crippen molar-refractivity contribution in [3.63, 3.8) is 0 Å². The minimum absolute atomic E-state index is 0.0372. The van der Waals surface area contributed by atoms with Gasteiger partial charge in [-0.15, -0.1) is 0 Å². The van der Waals surface area contributed by atoms with E-state index < -0.39 is 144 Å². The molecule has 1 aromatic rings. The summed E-state index contributed by atoms with van der Waals surface area (Å²) >= 11 is 12.3. The number of aromatic hydroxyl groups is 2. The first-order valence-corrected chi connectivity index (χ1v) is 24.9. The highest BCUT2D eigenvalue weighted by Gasteiger charge is 2.53. The summed E-state index contributed by atoms with van der Waals surface area (Å²) in [5, 5.41) is 76.5. The van der Waals surface area contributed by atoms with Crippen molar-refractivity contribution in [1.29, 1.82) is 0 Å². The maximum absolute atomic E-state index is 13.9. The number of aliphatic hydroxyl groups is 5. The summed E-state index contributed by atoms with van der Waals surface area (Å²) < 4.78 is 47.5. The van der Waals surface area contributed by atoms with Gasteiger partial charge in [-0.05, 0) is 90.5 Å². The molecule has 2 fully saturated rings. The van der Waals surface area contributed by atoms with Gasteiger partial charge < -0.3 is 73.6 Å². The largest absolute Gasteiger partial charge is 0.505 e. The number of rotatable bonds is 13. The Labute approximate surface area is 431 Å². The van der Waals surface area contributed by atoms with E-state index in [4.69, 9.17) is 61.1 Å². The number of hydrogen-bond donors (Lipinski definition) is 7. The van der Waals surface area contributed by atoms with Gasteiger partial charge in [0.1, 0.15) is 46.7 Å². The number of aliphatic hydroxyl groups excluding tert-OH is 5. The molecule has 7 N–H and O–H groups in total. The summed E-state index contributed by atoms with van der Waals surface area (Å²) in [7, 11) is 1.26. The molecule has 18 nitrogen and oxygen atoms in total. The van der Waals surface area contributed by atoms with Crippen LogP contribution in [0.3, 0.4) is 0 Å². The highest BCUT2D eigenvalue weighted by Crippen LogP contribution is 2.45. The summed E-state index contributed by atoms with van der Waals surface area (Å²) in [6.45, 7) is 18.1. The van der Waals surface area contributed by atoms with Crippen molar-refractivity contribution in [2.24, 2.45) is 11.8 Å². The van der Waals surface area contributed by atoms with Crippen LogP contribution >= 0.6 is 23.2 Å². The van der Waals surface area contributed by atoms with Crippen LogP contribution in [0, 0.1) is 11.8 Å². The Morgan fingerprint density at radius 1 is 0.903 bits per heavy atom. The number of phenols is 2. The number of esters is 3. The molecule has 0 radical (unpaired) electrons. The van der Waals surface area contributed by atoms with Gasteiger partial charge in [-0.25, -0.2) is 9.59 Å². The lowest BCUT2D eigenvalue weighted by Crippen LogP contribution is -2.64. The molecule has 0 saturated carbocycles. The predicted octanol–water partition coefficient (Wildman–Crippen LogP) is 6.23. The molecule has 3 heterocycles. The van der Waals surface area contributed by atoms with Crippen LogP contribution in [0.4, 0.5) is 0 Å². The van der Waals surface area contributed by atoms with Gasteiger partial charge in [0.05, 0.1) is 47.5 Å². The van der Waals surface area contributed by atoms with Crippen molar-refractivity contribution < 1.29 is 88.0 Å². The van der Waals surface area contributed by atoms with E-state index in [0.29, 0.717) is 23.1 Å². The molecule has 2 saturated heterocycles. The molecular formula is C52H74Cl2O18. The van der Waals surface area contributed by atoms with Gasteiger partial charge in [-0.1, -0.05) is 86.9 Å². The Morgan fingerprint density at radius 3 is 2.17 bits per heavy atom. The van der Waals surface area contributed by atoms with Gasteiger partial charge in [0.15, 0.2) is 36.3 Å². The highest BCUT2D eigenvalue weighted by atomic mass is 35.5. The minimum atomic E-state index is -1.61. The van der Waals surface area contributed by atoms with Crippen LogP contribution in [0.2, 0.25) is 10.0 Å². The maximum atomic E-state index is 13.9. The summed E-state index contributed by atoms with van der Waals surface area (Å²) in [6, 6.07) is 0. The van der Waals surface area contributed by atoms with Crippen LogP contribution < -0.4 is 0 Å². The number of hydrogen-bond acceptors (Lipinski definition) is 18. The molecule has 1 unspecified atom stereocenters. The smallest absolute Gasteiger partial charge is 0.342 e. The summed E-state index contributed by atoms with van der Waals surface area (Å²) in [5.41, 5.74) is 0.318. The fourth-order valence-corrected chi connectivity index (χ4v) is 9.16.